The van der Waals surface area contributed by atoms with Crippen molar-refractivity contribution < 1.29 is 0 Å². The number of hydrogen-bond donors (Lipinski definition) is 1. The Bertz CT molecular complexity index is 348. The lowest BCUT2D eigenvalue weighted by Crippen LogP contribution is -2.28. The van der Waals surface area contributed by atoms with Gasteiger partial charge in [-0.2, -0.15) is 5.10 Å². The van der Waals surface area contributed by atoms with Crippen LogP contribution < -0.4 is 5.32 Å². The summed E-state index contributed by atoms with van der Waals surface area (Å²) in [5.41, 5.74) is 0. The summed E-state index contributed by atoms with van der Waals surface area (Å²) in [5.74, 6) is 1.07. The Balaban J connectivity index is 2.01. The Labute approximate surface area is 130 Å². The van der Waals surface area contributed by atoms with Gasteiger partial charge in [-0.1, -0.05) is 64.7 Å². The predicted molar refractivity (Wildman–Crippen MR) is 89.4 cm³/mol. The van der Waals surface area contributed by atoms with E-state index >= 15 is 0 Å². The molecular formula is C17H34N4. The summed E-state index contributed by atoms with van der Waals surface area (Å²) in [7, 11) is 4.02. The Morgan fingerprint density at radius 3 is 2.19 bits per heavy atom. The third-order valence-electron chi connectivity index (χ3n) is 4.30. The zero-order chi connectivity index (χ0) is 15.3. The fourth-order valence-corrected chi connectivity index (χ4v) is 2.78. The summed E-state index contributed by atoms with van der Waals surface area (Å²) in [4.78, 5) is 4.31. The van der Waals surface area contributed by atoms with Gasteiger partial charge in [0.05, 0.1) is 0 Å². The molecule has 1 aromatic heterocycles. The monoisotopic (exact) mass is 294 g/mol. The Hall–Kier alpha value is -0.900. The number of nitrogens with zero attached hydrogens (tertiary/aromatic N) is 3. The van der Waals surface area contributed by atoms with Crippen molar-refractivity contribution >= 4 is 0 Å². The first-order valence-electron chi connectivity index (χ1n) is 8.78. The van der Waals surface area contributed by atoms with Gasteiger partial charge in [-0.15, -0.1) is 0 Å². The van der Waals surface area contributed by atoms with E-state index in [2.05, 4.69) is 29.4 Å². The number of aryl methyl sites for hydroxylation is 1. The highest BCUT2D eigenvalue weighted by Crippen LogP contribution is 2.12. The molecule has 0 saturated heterocycles. The normalized spacial score (nSPS) is 12.7. The first-order chi connectivity index (χ1) is 10.3. The van der Waals surface area contributed by atoms with Crippen molar-refractivity contribution in [2.75, 3.05) is 7.05 Å². The minimum Gasteiger partial charge on any atom is -0.317 e. The smallest absolute Gasteiger partial charge is 0.138 e. The predicted octanol–water partition coefficient (Wildman–Crippen LogP) is 3.87. The van der Waals surface area contributed by atoms with Crippen molar-refractivity contribution in [2.45, 2.75) is 83.6 Å². The summed E-state index contributed by atoms with van der Waals surface area (Å²) >= 11 is 0. The van der Waals surface area contributed by atoms with Crippen LogP contribution in [0.1, 0.15) is 77.0 Å². The molecule has 0 radical (unpaired) electrons. The van der Waals surface area contributed by atoms with Crippen LogP contribution in [0.2, 0.25) is 0 Å². The lowest BCUT2D eigenvalue weighted by Gasteiger charge is -2.15. The summed E-state index contributed by atoms with van der Waals surface area (Å²) in [6, 6.07) is 0.525. The molecule has 0 bridgehead atoms. The van der Waals surface area contributed by atoms with Crippen LogP contribution in [0.3, 0.4) is 0 Å². The molecule has 1 atom stereocenters. The van der Waals surface area contributed by atoms with E-state index < -0.39 is 0 Å². The highest BCUT2D eigenvalue weighted by molar-refractivity contribution is 4.88. The second-order valence-electron chi connectivity index (χ2n) is 6.11. The van der Waals surface area contributed by atoms with Crippen LogP contribution in [0.15, 0.2) is 6.33 Å². The van der Waals surface area contributed by atoms with Crippen LogP contribution in [-0.4, -0.2) is 27.9 Å². The van der Waals surface area contributed by atoms with Gasteiger partial charge >= 0.3 is 0 Å². The number of aromatic nitrogens is 3. The number of likely N-dealkylation sites (N-methyl/N-ethyl adjacent to an activating group) is 1. The maximum Gasteiger partial charge on any atom is 0.138 e. The molecule has 21 heavy (non-hydrogen) atoms. The van der Waals surface area contributed by atoms with E-state index in [1.165, 1.54) is 64.2 Å². The molecule has 0 aromatic carbocycles. The van der Waals surface area contributed by atoms with Gasteiger partial charge < -0.3 is 5.32 Å². The average Bonchev–Trinajstić information content (AvgIpc) is 2.89. The average molecular weight is 294 g/mol. The van der Waals surface area contributed by atoms with Gasteiger partial charge in [0.15, 0.2) is 0 Å². The molecule has 1 unspecified atom stereocenters. The number of unbranched alkanes of at least 4 members (excludes halogenated alkanes) is 8. The molecule has 0 aliphatic rings. The lowest BCUT2D eigenvalue weighted by molar-refractivity contribution is 0.463. The first kappa shape index (κ1) is 18.1. The summed E-state index contributed by atoms with van der Waals surface area (Å²) < 4.78 is 1.88. The second-order valence-corrected chi connectivity index (χ2v) is 6.11. The number of rotatable bonds is 13. The molecule has 0 aliphatic heterocycles. The summed E-state index contributed by atoms with van der Waals surface area (Å²) in [6.45, 7) is 2.28. The Kier molecular flexibility index (Phi) is 10.1. The van der Waals surface area contributed by atoms with Gasteiger partial charge in [0.2, 0.25) is 0 Å². The molecule has 122 valence electrons. The second kappa shape index (κ2) is 11.7. The minimum absolute atomic E-state index is 0.525. The van der Waals surface area contributed by atoms with Crippen LogP contribution in [0.5, 0.6) is 0 Å². The van der Waals surface area contributed by atoms with E-state index in [9.17, 15) is 0 Å². The zero-order valence-electron chi connectivity index (χ0n) is 14.3. The summed E-state index contributed by atoms with van der Waals surface area (Å²) in [6.07, 6.45) is 16.4. The van der Waals surface area contributed by atoms with E-state index in [-0.39, 0.29) is 0 Å². The Morgan fingerprint density at radius 1 is 1.05 bits per heavy atom. The van der Waals surface area contributed by atoms with Crippen molar-refractivity contribution in [2.24, 2.45) is 7.05 Å². The third kappa shape index (κ3) is 8.20. The molecule has 1 aromatic rings. The lowest BCUT2D eigenvalue weighted by atomic mass is 10.0. The van der Waals surface area contributed by atoms with Gasteiger partial charge in [-0.3, -0.25) is 4.68 Å². The molecule has 0 spiro atoms. The quantitative estimate of drug-likeness (QED) is 0.562. The fourth-order valence-electron chi connectivity index (χ4n) is 2.78. The SMILES string of the molecule is CCCCCCCCCCCC(Cc1ncnn1C)NC. The van der Waals surface area contributed by atoms with Crippen LogP contribution >= 0.6 is 0 Å². The number of hydrogen-bond acceptors (Lipinski definition) is 3. The van der Waals surface area contributed by atoms with E-state index in [4.69, 9.17) is 0 Å². The molecule has 0 saturated carbocycles. The third-order valence-corrected chi connectivity index (χ3v) is 4.30. The maximum absolute atomic E-state index is 4.31. The van der Waals surface area contributed by atoms with Crippen LogP contribution in [-0.2, 0) is 13.5 Å². The first-order valence-corrected chi connectivity index (χ1v) is 8.78. The van der Waals surface area contributed by atoms with Crippen molar-refractivity contribution in [3.05, 3.63) is 12.2 Å². The van der Waals surface area contributed by atoms with Gasteiger partial charge in [0.1, 0.15) is 12.2 Å². The molecular weight excluding hydrogens is 260 g/mol. The van der Waals surface area contributed by atoms with Crippen molar-refractivity contribution in [3.8, 4) is 0 Å². The highest BCUT2D eigenvalue weighted by Gasteiger charge is 2.10. The topological polar surface area (TPSA) is 42.7 Å². The maximum atomic E-state index is 4.31. The van der Waals surface area contributed by atoms with E-state index in [0.717, 1.165) is 12.2 Å². The van der Waals surface area contributed by atoms with Crippen LogP contribution in [0, 0.1) is 0 Å². The van der Waals surface area contributed by atoms with Crippen molar-refractivity contribution in [1.29, 1.82) is 0 Å². The van der Waals surface area contributed by atoms with E-state index in [1.807, 2.05) is 11.7 Å². The Morgan fingerprint density at radius 2 is 1.67 bits per heavy atom. The van der Waals surface area contributed by atoms with Gasteiger partial charge in [-0.05, 0) is 13.5 Å². The molecule has 0 fully saturated rings. The van der Waals surface area contributed by atoms with E-state index in [0.29, 0.717) is 6.04 Å². The molecule has 0 aliphatic carbocycles. The van der Waals surface area contributed by atoms with Crippen molar-refractivity contribution in [1.82, 2.24) is 20.1 Å². The van der Waals surface area contributed by atoms with Gasteiger partial charge in [0, 0.05) is 19.5 Å². The highest BCUT2D eigenvalue weighted by atomic mass is 15.3. The van der Waals surface area contributed by atoms with E-state index in [1.54, 1.807) is 6.33 Å². The van der Waals surface area contributed by atoms with Gasteiger partial charge in [-0.25, -0.2) is 4.98 Å². The standard InChI is InChI=1S/C17H34N4/c1-4-5-6-7-8-9-10-11-12-13-16(18-2)14-17-19-15-20-21(17)3/h15-16,18H,4-14H2,1-3H3. The molecule has 4 heteroatoms. The van der Waals surface area contributed by atoms with Crippen LogP contribution in [0.4, 0.5) is 0 Å². The zero-order valence-corrected chi connectivity index (χ0v) is 14.3. The van der Waals surface area contributed by atoms with Gasteiger partial charge in [0.25, 0.3) is 0 Å². The van der Waals surface area contributed by atoms with Crippen LogP contribution in [0.25, 0.3) is 0 Å². The molecule has 1 rings (SSSR count). The molecule has 1 N–H and O–H groups in total. The summed E-state index contributed by atoms with van der Waals surface area (Å²) in [5, 5.41) is 7.54. The molecule has 0 amide bonds. The molecule has 1 heterocycles. The fraction of sp³-hybridized carbons (Fsp3) is 0.882. The number of nitrogens with one attached hydrogen (secondary N) is 1. The van der Waals surface area contributed by atoms with Crippen molar-refractivity contribution in [3.63, 3.8) is 0 Å². The molecule has 4 nitrogen and oxygen atoms in total. The largest absolute Gasteiger partial charge is 0.317 e. The minimum atomic E-state index is 0.525.